The fraction of sp³-hybridized carbons (Fsp3) is 0.444. The van der Waals surface area contributed by atoms with E-state index in [4.69, 9.17) is 4.74 Å². The molecule has 1 saturated heterocycles. The third-order valence-corrected chi connectivity index (χ3v) is 8.19. The molecule has 3 rings (SSSR count). The highest BCUT2D eigenvalue weighted by Gasteiger charge is 2.43. The van der Waals surface area contributed by atoms with Crippen molar-refractivity contribution in [2.75, 3.05) is 13.2 Å². The molecule has 25 heavy (non-hydrogen) atoms. The highest BCUT2D eigenvalue weighted by atomic mass is 32.2. The second-order valence-electron chi connectivity index (χ2n) is 6.77. The first kappa shape index (κ1) is 18.5. The molecule has 1 aliphatic rings. The molecule has 0 radical (unpaired) electrons. The van der Waals surface area contributed by atoms with E-state index in [1.807, 2.05) is 26.8 Å². The molecule has 0 amide bonds. The molecule has 4 nitrogen and oxygen atoms in total. The number of hydrogen-bond donors (Lipinski definition) is 0. The fourth-order valence-corrected chi connectivity index (χ4v) is 6.10. The van der Waals surface area contributed by atoms with Crippen LogP contribution in [0.4, 0.5) is 4.39 Å². The monoisotopic (exact) mass is 383 g/mol. The van der Waals surface area contributed by atoms with Crippen molar-refractivity contribution < 1.29 is 17.5 Å². The molecule has 2 aromatic rings. The summed E-state index contributed by atoms with van der Waals surface area (Å²) in [5.41, 5.74) is 0.128. The van der Waals surface area contributed by atoms with Crippen molar-refractivity contribution >= 4 is 21.4 Å². The summed E-state index contributed by atoms with van der Waals surface area (Å²) in [6.45, 7) is 6.21. The third-order valence-electron chi connectivity index (χ3n) is 4.42. The van der Waals surface area contributed by atoms with Crippen molar-refractivity contribution in [2.24, 2.45) is 0 Å². The van der Waals surface area contributed by atoms with E-state index in [0.717, 1.165) is 16.9 Å². The molecule has 1 atom stereocenters. The van der Waals surface area contributed by atoms with Gasteiger partial charge in [0.15, 0.2) is 0 Å². The number of aryl methyl sites for hydroxylation is 1. The highest BCUT2D eigenvalue weighted by molar-refractivity contribution is 7.91. The van der Waals surface area contributed by atoms with Crippen LogP contribution in [0.2, 0.25) is 0 Å². The van der Waals surface area contributed by atoms with Crippen LogP contribution in [0.1, 0.15) is 37.3 Å². The molecule has 1 aromatic carbocycles. The van der Waals surface area contributed by atoms with Gasteiger partial charge in [-0.25, -0.2) is 12.8 Å². The van der Waals surface area contributed by atoms with Crippen molar-refractivity contribution in [2.45, 2.75) is 43.0 Å². The van der Waals surface area contributed by atoms with Crippen molar-refractivity contribution in [1.29, 1.82) is 0 Å². The summed E-state index contributed by atoms with van der Waals surface area (Å²) in [7, 11) is -3.61. The number of halogens is 1. The maximum Gasteiger partial charge on any atom is 0.253 e. The van der Waals surface area contributed by atoms with Gasteiger partial charge in [0.05, 0.1) is 18.2 Å². The molecule has 2 heterocycles. The van der Waals surface area contributed by atoms with Gasteiger partial charge < -0.3 is 4.74 Å². The second kappa shape index (κ2) is 6.79. The first-order valence-corrected chi connectivity index (χ1v) is 10.5. The van der Waals surface area contributed by atoms with Gasteiger partial charge in [0, 0.05) is 11.4 Å². The number of benzene rings is 1. The van der Waals surface area contributed by atoms with E-state index in [0.29, 0.717) is 4.21 Å². The maximum absolute atomic E-state index is 13.2. The molecule has 0 spiro atoms. The van der Waals surface area contributed by atoms with E-state index < -0.39 is 21.7 Å². The van der Waals surface area contributed by atoms with Crippen LogP contribution in [0.3, 0.4) is 0 Å². The van der Waals surface area contributed by atoms with Gasteiger partial charge in [-0.2, -0.15) is 4.31 Å². The van der Waals surface area contributed by atoms with Crippen LogP contribution in [0.25, 0.3) is 0 Å². The van der Waals surface area contributed by atoms with E-state index in [1.165, 1.54) is 27.8 Å². The summed E-state index contributed by atoms with van der Waals surface area (Å²) < 4.78 is 47.3. The lowest BCUT2D eigenvalue weighted by Crippen LogP contribution is -2.55. The first-order chi connectivity index (χ1) is 11.7. The molecule has 0 bridgehead atoms. The van der Waals surface area contributed by atoms with Gasteiger partial charge in [0.1, 0.15) is 10.0 Å². The molecular weight excluding hydrogens is 361 g/mol. The van der Waals surface area contributed by atoms with E-state index in [1.54, 1.807) is 18.2 Å². The fourth-order valence-electron chi connectivity index (χ4n) is 2.92. The van der Waals surface area contributed by atoms with Crippen molar-refractivity contribution in [3.63, 3.8) is 0 Å². The predicted molar refractivity (Wildman–Crippen MR) is 96.8 cm³/mol. The Balaban J connectivity index is 1.92. The third kappa shape index (κ3) is 3.65. The van der Waals surface area contributed by atoms with E-state index >= 15 is 0 Å². The summed E-state index contributed by atoms with van der Waals surface area (Å²) in [6.07, 6.45) is 0.402. The number of hydrogen-bond acceptors (Lipinski definition) is 4. The largest absolute Gasteiger partial charge is 0.370 e. The summed E-state index contributed by atoms with van der Waals surface area (Å²) in [6, 6.07) is 9.56. The number of morpholine rings is 1. The van der Waals surface area contributed by atoms with Crippen molar-refractivity contribution in [3.05, 3.63) is 52.7 Å². The standard InChI is InChI=1S/C18H22FNO3S2/c1-4-15-9-10-17(24-15)25(21,22)20-11-16(23-12-18(20,2)3)13-5-7-14(19)8-6-13/h5-10,16H,4,11-12H2,1-3H3. The number of nitrogens with zero attached hydrogens (tertiary/aromatic N) is 1. The second-order valence-corrected chi connectivity index (χ2v) is 10.0. The summed E-state index contributed by atoms with van der Waals surface area (Å²) in [5.74, 6) is -0.324. The quantitative estimate of drug-likeness (QED) is 0.802. The highest BCUT2D eigenvalue weighted by Crippen LogP contribution is 2.36. The minimum atomic E-state index is -3.61. The topological polar surface area (TPSA) is 46.6 Å². The van der Waals surface area contributed by atoms with Crippen molar-refractivity contribution in [3.8, 4) is 0 Å². The zero-order valence-corrected chi connectivity index (χ0v) is 16.2. The van der Waals surface area contributed by atoms with Gasteiger partial charge in [-0.3, -0.25) is 0 Å². The predicted octanol–water partition coefficient (Wildman–Crippen LogP) is 3.99. The first-order valence-electron chi connectivity index (χ1n) is 8.22. The van der Waals surface area contributed by atoms with Crippen LogP contribution < -0.4 is 0 Å². The number of sulfonamides is 1. The summed E-state index contributed by atoms with van der Waals surface area (Å²) in [4.78, 5) is 1.04. The molecule has 136 valence electrons. The lowest BCUT2D eigenvalue weighted by atomic mass is 10.0. The van der Waals surface area contributed by atoms with Crippen LogP contribution in [0.15, 0.2) is 40.6 Å². The SMILES string of the molecule is CCc1ccc(S(=O)(=O)N2CC(c3ccc(F)cc3)OCC2(C)C)s1. The van der Waals surface area contributed by atoms with Crippen LogP contribution in [0, 0.1) is 5.82 Å². The van der Waals surface area contributed by atoms with Gasteiger partial charge in [-0.1, -0.05) is 19.1 Å². The number of rotatable bonds is 4. The lowest BCUT2D eigenvalue weighted by Gasteiger charge is -2.44. The van der Waals surface area contributed by atoms with Gasteiger partial charge in [-0.05, 0) is 50.1 Å². The van der Waals surface area contributed by atoms with E-state index in [2.05, 4.69) is 0 Å². The minimum Gasteiger partial charge on any atom is -0.370 e. The van der Waals surface area contributed by atoms with Crippen LogP contribution in [-0.2, 0) is 21.2 Å². The molecule has 1 unspecified atom stereocenters. The van der Waals surface area contributed by atoms with Crippen LogP contribution in [0.5, 0.6) is 0 Å². The van der Waals surface area contributed by atoms with Gasteiger partial charge >= 0.3 is 0 Å². The smallest absolute Gasteiger partial charge is 0.253 e. The molecular formula is C18H22FNO3S2. The normalized spacial score (nSPS) is 21.4. The molecule has 0 aliphatic carbocycles. The summed E-state index contributed by atoms with van der Waals surface area (Å²) in [5, 5.41) is 0. The Bertz CT molecular complexity index is 843. The van der Waals surface area contributed by atoms with Gasteiger partial charge in [-0.15, -0.1) is 11.3 Å². The van der Waals surface area contributed by atoms with Crippen molar-refractivity contribution in [1.82, 2.24) is 4.31 Å². The molecule has 0 N–H and O–H groups in total. The maximum atomic E-state index is 13.2. The zero-order chi connectivity index (χ0) is 18.2. The number of ether oxygens (including phenoxy) is 1. The van der Waals surface area contributed by atoms with Crippen LogP contribution >= 0.6 is 11.3 Å². The Morgan fingerprint density at radius 2 is 1.92 bits per heavy atom. The average molecular weight is 384 g/mol. The Kier molecular flexibility index (Phi) is 5.03. The van der Waals surface area contributed by atoms with Gasteiger partial charge in [0.2, 0.25) is 0 Å². The van der Waals surface area contributed by atoms with E-state index in [9.17, 15) is 12.8 Å². The molecule has 1 fully saturated rings. The zero-order valence-electron chi connectivity index (χ0n) is 14.5. The van der Waals surface area contributed by atoms with Gasteiger partial charge in [0.25, 0.3) is 10.0 Å². The van der Waals surface area contributed by atoms with E-state index in [-0.39, 0.29) is 19.0 Å². The number of thiophene rings is 1. The minimum absolute atomic E-state index is 0.209. The molecule has 1 aliphatic heterocycles. The molecule has 1 aromatic heterocycles. The Morgan fingerprint density at radius 3 is 2.52 bits per heavy atom. The Morgan fingerprint density at radius 1 is 1.24 bits per heavy atom. The summed E-state index contributed by atoms with van der Waals surface area (Å²) >= 11 is 1.31. The molecule has 7 heteroatoms. The Labute approximate surface area is 152 Å². The van der Waals surface area contributed by atoms with Crippen LogP contribution in [-0.4, -0.2) is 31.4 Å². The average Bonchev–Trinajstić information content (AvgIpc) is 3.05. The lowest BCUT2D eigenvalue weighted by molar-refractivity contribution is -0.0654. The molecule has 0 saturated carbocycles. The Hall–Kier alpha value is -1.28.